The normalized spacial score (nSPS) is 15.2. The summed E-state index contributed by atoms with van der Waals surface area (Å²) in [5, 5.41) is 0.495. The molecule has 1 amide bonds. The second-order valence-corrected chi connectivity index (χ2v) is 8.99. The van der Waals surface area contributed by atoms with Gasteiger partial charge in [-0.15, -0.1) is 0 Å². The Labute approximate surface area is 198 Å². The van der Waals surface area contributed by atoms with Crippen LogP contribution >= 0.6 is 0 Å². The molecule has 0 radical (unpaired) electrons. The van der Waals surface area contributed by atoms with Crippen molar-refractivity contribution in [2.24, 2.45) is 0 Å². The van der Waals surface area contributed by atoms with Gasteiger partial charge in [0.1, 0.15) is 11.3 Å². The Bertz CT molecular complexity index is 1400. The smallest absolute Gasteiger partial charge is 0.290 e. The number of carbonyl (C=O) groups excluding carboxylic acids is 1. The first-order valence-electron chi connectivity index (χ1n) is 11.6. The van der Waals surface area contributed by atoms with E-state index in [-0.39, 0.29) is 17.1 Å². The number of ether oxygens (including phenoxy) is 1. The molecule has 1 aromatic heterocycles. The summed E-state index contributed by atoms with van der Waals surface area (Å²) in [6.45, 7) is 4.75. The van der Waals surface area contributed by atoms with Gasteiger partial charge in [0.2, 0.25) is 5.76 Å². The Balaban J connectivity index is 1.58. The van der Waals surface area contributed by atoms with Crippen LogP contribution in [0.3, 0.4) is 0 Å². The summed E-state index contributed by atoms with van der Waals surface area (Å²) in [5.74, 6) is 1.09. The minimum atomic E-state index is -0.484. The molecule has 1 unspecified atom stereocenters. The van der Waals surface area contributed by atoms with Gasteiger partial charge in [0, 0.05) is 6.54 Å². The van der Waals surface area contributed by atoms with Crippen LogP contribution in [0.1, 0.15) is 58.6 Å². The number of rotatable bonds is 6. The van der Waals surface area contributed by atoms with E-state index in [0.29, 0.717) is 35.4 Å². The van der Waals surface area contributed by atoms with Crippen LogP contribution < -0.4 is 10.2 Å². The highest BCUT2D eigenvalue weighted by atomic mass is 16.5. The zero-order chi connectivity index (χ0) is 23.8. The molecule has 172 valence electrons. The maximum absolute atomic E-state index is 13.6. The van der Waals surface area contributed by atoms with E-state index in [1.807, 2.05) is 42.5 Å². The lowest BCUT2D eigenvalue weighted by Gasteiger charge is -2.25. The summed E-state index contributed by atoms with van der Waals surface area (Å²) >= 11 is 0. The van der Waals surface area contributed by atoms with E-state index in [4.69, 9.17) is 9.15 Å². The van der Waals surface area contributed by atoms with Gasteiger partial charge in [0.15, 0.2) is 5.43 Å². The molecule has 0 saturated heterocycles. The van der Waals surface area contributed by atoms with Crippen LogP contribution in [-0.4, -0.2) is 24.5 Å². The summed E-state index contributed by atoms with van der Waals surface area (Å²) < 4.78 is 11.3. The first kappa shape index (κ1) is 22.0. The number of hydrogen-bond donors (Lipinski definition) is 0. The highest BCUT2D eigenvalue weighted by Gasteiger charge is 2.42. The first-order chi connectivity index (χ1) is 16.5. The maximum Gasteiger partial charge on any atom is 0.290 e. The van der Waals surface area contributed by atoms with E-state index in [1.165, 1.54) is 5.56 Å². The fraction of sp³-hybridized carbons (Fsp3) is 0.241. The van der Waals surface area contributed by atoms with Crippen molar-refractivity contribution in [3.05, 3.63) is 111 Å². The Morgan fingerprint density at radius 3 is 2.32 bits per heavy atom. The van der Waals surface area contributed by atoms with Crippen molar-refractivity contribution in [1.82, 2.24) is 4.90 Å². The molecule has 1 atom stereocenters. The van der Waals surface area contributed by atoms with Crippen molar-refractivity contribution in [3.63, 3.8) is 0 Å². The average molecular weight is 454 g/mol. The van der Waals surface area contributed by atoms with E-state index in [0.717, 1.165) is 16.9 Å². The molecule has 0 fully saturated rings. The molecule has 3 aromatic carbocycles. The Kier molecular flexibility index (Phi) is 5.70. The SMILES string of the molecule is COc1ccc(CCN2C(=O)c3oc4ccccc4c(=O)c3C2c2ccc(C(C)C)cc2)cc1. The molecule has 1 aliphatic rings. The van der Waals surface area contributed by atoms with Gasteiger partial charge in [-0.1, -0.05) is 62.4 Å². The van der Waals surface area contributed by atoms with Gasteiger partial charge >= 0.3 is 0 Å². The molecular weight excluding hydrogens is 426 g/mol. The molecule has 34 heavy (non-hydrogen) atoms. The Morgan fingerprint density at radius 2 is 1.65 bits per heavy atom. The van der Waals surface area contributed by atoms with E-state index < -0.39 is 6.04 Å². The third-order valence-electron chi connectivity index (χ3n) is 6.59. The van der Waals surface area contributed by atoms with Crippen LogP contribution in [0.15, 0.2) is 82.0 Å². The summed E-state index contributed by atoms with van der Waals surface area (Å²) in [7, 11) is 1.64. The van der Waals surface area contributed by atoms with Crippen LogP contribution in [-0.2, 0) is 6.42 Å². The third kappa shape index (κ3) is 3.77. The molecule has 0 N–H and O–H groups in total. The number of hydrogen-bond acceptors (Lipinski definition) is 4. The lowest BCUT2D eigenvalue weighted by atomic mass is 9.95. The van der Waals surface area contributed by atoms with Gasteiger partial charge in [-0.3, -0.25) is 9.59 Å². The summed E-state index contributed by atoms with van der Waals surface area (Å²) in [6.07, 6.45) is 0.651. The van der Waals surface area contributed by atoms with Crippen molar-refractivity contribution in [2.45, 2.75) is 32.2 Å². The number of fused-ring (bicyclic) bond motifs is 2. The number of benzene rings is 3. The van der Waals surface area contributed by atoms with Crippen LogP contribution in [0.5, 0.6) is 5.75 Å². The standard InChI is InChI=1S/C29H27NO4/c1-18(2)20-10-12-21(13-11-20)26-25-27(31)23-6-4-5-7-24(23)34-28(25)29(32)30(26)17-16-19-8-14-22(33-3)15-9-19/h4-15,18,26H,16-17H2,1-3H3. The molecule has 1 aliphatic heterocycles. The summed E-state index contributed by atoms with van der Waals surface area (Å²) in [6, 6.07) is 22.6. The molecule has 2 heterocycles. The van der Waals surface area contributed by atoms with Gasteiger partial charge in [0.25, 0.3) is 5.91 Å². The average Bonchev–Trinajstić information content (AvgIpc) is 3.15. The molecule has 5 nitrogen and oxygen atoms in total. The largest absolute Gasteiger partial charge is 0.497 e. The van der Waals surface area contributed by atoms with Gasteiger partial charge in [0.05, 0.1) is 24.1 Å². The number of methoxy groups -OCH3 is 1. The van der Waals surface area contributed by atoms with Crippen molar-refractivity contribution < 1.29 is 13.9 Å². The van der Waals surface area contributed by atoms with E-state index >= 15 is 0 Å². The van der Waals surface area contributed by atoms with Crippen molar-refractivity contribution >= 4 is 16.9 Å². The third-order valence-corrected chi connectivity index (χ3v) is 6.59. The van der Waals surface area contributed by atoms with Crippen molar-refractivity contribution in [3.8, 4) is 5.75 Å². The highest BCUT2D eigenvalue weighted by Crippen LogP contribution is 2.38. The lowest BCUT2D eigenvalue weighted by Crippen LogP contribution is -2.31. The summed E-state index contributed by atoms with van der Waals surface area (Å²) in [4.78, 5) is 28.9. The fourth-order valence-corrected chi connectivity index (χ4v) is 4.65. The van der Waals surface area contributed by atoms with E-state index in [1.54, 1.807) is 30.2 Å². The van der Waals surface area contributed by atoms with E-state index in [9.17, 15) is 9.59 Å². The van der Waals surface area contributed by atoms with Gasteiger partial charge < -0.3 is 14.1 Å². The summed E-state index contributed by atoms with van der Waals surface area (Å²) in [5.41, 5.74) is 3.93. The number of nitrogens with zero attached hydrogens (tertiary/aromatic N) is 1. The topological polar surface area (TPSA) is 59.8 Å². The van der Waals surface area contributed by atoms with Crippen LogP contribution in [0.25, 0.3) is 11.0 Å². The van der Waals surface area contributed by atoms with Gasteiger partial charge in [-0.05, 0) is 53.3 Å². The molecule has 0 saturated carbocycles. The van der Waals surface area contributed by atoms with Crippen molar-refractivity contribution in [2.75, 3.05) is 13.7 Å². The lowest BCUT2D eigenvalue weighted by molar-refractivity contribution is 0.0730. The minimum Gasteiger partial charge on any atom is -0.497 e. The fourth-order valence-electron chi connectivity index (χ4n) is 4.65. The molecule has 5 rings (SSSR count). The molecule has 0 aliphatic carbocycles. The number of carbonyl (C=O) groups is 1. The highest BCUT2D eigenvalue weighted by molar-refractivity contribution is 5.99. The van der Waals surface area contributed by atoms with Gasteiger partial charge in [-0.25, -0.2) is 0 Å². The Hall–Kier alpha value is -3.86. The molecule has 4 aromatic rings. The zero-order valence-corrected chi connectivity index (χ0v) is 19.6. The predicted molar refractivity (Wildman–Crippen MR) is 133 cm³/mol. The van der Waals surface area contributed by atoms with Crippen molar-refractivity contribution in [1.29, 1.82) is 0 Å². The Morgan fingerprint density at radius 1 is 0.941 bits per heavy atom. The first-order valence-corrected chi connectivity index (χ1v) is 11.6. The zero-order valence-electron chi connectivity index (χ0n) is 19.6. The monoisotopic (exact) mass is 453 g/mol. The number of amides is 1. The molecule has 0 bridgehead atoms. The maximum atomic E-state index is 13.6. The van der Waals surface area contributed by atoms with E-state index in [2.05, 4.69) is 26.0 Å². The molecule has 0 spiro atoms. The minimum absolute atomic E-state index is 0.143. The van der Waals surface area contributed by atoms with Crippen LogP contribution in [0.4, 0.5) is 0 Å². The quantitative estimate of drug-likeness (QED) is 0.375. The van der Waals surface area contributed by atoms with Crippen LogP contribution in [0.2, 0.25) is 0 Å². The van der Waals surface area contributed by atoms with Crippen LogP contribution in [0, 0.1) is 0 Å². The second-order valence-electron chi connectivity index (χ2n) is 8.99. The van der Waals surface area contributed by atoms with Gasteiger partial charge in [-0.2, -0.15) is 0 Å². The predicted octanol–water partition coefficient (Wildman–Crippen LogP) is 5.71. The molecular formula is C29H27NO4. The second kappa shape index (κ2) is 8.82. The number of para-hydroxylation sites is 1. The molecule has 5 heteroatoms.